The monoisotopic (exact) mass is 186 g/mol. The molecular formula is C11H26N2. The predicted octanol–water partition coefficient (Wildman–Crippen LogP) is 1.96. The fourth-order valence-electron chi connectivity index (χ4n) is 0.902. The Morgan fingerprint density at radius 3 is 1.69 bits per heavy atom. The fourth-order valence-corrected chi connectivity index (χ4v) is 0.902. The molecule has 0 aromatic heterocycles. The van der Waals surface area contributed by atoms with Crippen LogP contribution in [-0.4, -0.2) is 37.6 Å². The average molecular weight is 186 g/mol. The number of hydrogen-bond acceptors (Lipinski definition) is 2. The lowest BCUT2D eigenvalue weighted by Gasteiger charge is -2.34. The summed E-state index contributed by atoms with van der Waals surface area (Å²) < 4.78 is 0. The summed E-state index contributed by atoms with van der Waals surface area (Å²) >= 11 is 0. The summed E-state index contributed by atoms with van der Waals surface area (Å²) in [6, 6.07) is 0. The SMILES string of the molecule is CN(C)C(C)(C)CNCC(C)(C)C. The lowest BCUT2D eigenvalue weighted by molar-refractivity contribution is 0.184. The molecule has 0 spiro atoms. The average Bonchev–Trinajstić information content (AvgIpc) is 1.82. The zero-order valence-corrected chi connectivity index (χ0v) is 10.4. The number of nitrogens with one attached hydrogen (secondary N) is 1. The van der Waals surface area contributed by atoms with Crippen LogP contribution in [0, 0.1) is 5.41 Å². The van der Waals surface area contributed by atoms with Gasteiger partial charge < -0.3 is 10.2 Å². The first-order chi connectivity index (χ1) is 5.65. The van der Waals surface area contributed by atoms with Crippen molar-refractivity contribution >= 4 is 0 Å². The van der Waals surface area contributed by atoms with E-state index >= 15 is 0 Å². The Hall–Kier alpha value is -0.0800. The molecule has 0 radical (unpaired) electrons. The van der Waals surface area contributed by atoms with Crippen molar-refractivity contribution in [2.45, 2.75) is 40.2 Å². The minimum absolute atomic E-state index is 0.241. The molecule has 0 saturated carbocycles. The highest BCUT2D eigenvalue weighted by Gasteiger charge is 2.20. The van der Waals surface area contributed by atoms with Gasteiger partial charge in [0.15, 0.2) is 0 Å². The van der Waals surface area contributed by atoms with Crippen LogP contribution in [0.15, 0.2) is 0 Å². The number of nitrogens with zero attached hydrogens (tertiary/aromatic N) is 1. The van der Waals surface area contributed by atoms with Crippen LogP contribution < -0.4 is 5.32 Å². The van der Waals surface area contributed by atoms with Crippen LogP contribution >= 0.6 is 0 Å². The van der Waals surface area contributed by atoms with Gasteiger partial charge in [0.05, 0.1) is 0 Å². The van der Waals surface area contributed by atoms with Gasteiger partial charge in [-0.05, 0) is 33.4 Å². The summed E-state index contributed by atoms with van der Waals surface area (Å²) in [5, 5.41) is 3.51. The number of likely N-dealkylation sites (N-methyl/N-ethyl adjacent to an activating group) is 1. The first kappa shape index (κ1) is 12.9. The second kappa shape index (κ2) is 4.43. The molecule has 0 bridgehead atoms. The van der Waals surface area contributed by atoms with E-state index in [1.807, 2.05) is 0 Å². The normalized spacial score (nSPS) is 13.8. The number of rotatable bonds is 4. The summed E-state index contributed by atoms with van der Waals surface area (Å²) in [5.74, 6) is 0. The van der Waals surface area contributed by atoms with E-state index in [0.717, 1.165) is 13.1 Å². The lowest BCUT2D eigenvalue weighted by atomic mass is 9.96. The standard InChI is InChI=1S/C11H26N2/c1-10(2,3)8-12-9-11(4,5)13(6)7/h12H,8-9H2,1-7H3. The third-order valence-electron chi connectivity index (χ3n) is 2.42. The zero-order chi connectivity index (χ0) is 10.7. The van der Waals surface area contributed by atoms with E-state index in [-0.39, 0.29) is 5.54 Å². The minimum Gasteiger partial charge on any atom is -0.314 e. The molecule has 0 aliphatic rings. The molecule has 0 aliphatic carbocycles. The second-order valence-electron chi connectivity index (χ2n) is 5.87. The predicted molar refractivity (Wildman–Crippen MR) is 60.1 cm³/mol. The molecule has 0 aromatic rings. The largest absolute Gasteiger partial charge is 0.314 e. The van der Waals surface area contributed by atoms with Crippen LogP contribution in [0.5, 0.6) is 0 Å². The molecule has 2 nitrogen and oxygen atoms in total. The molecule has 0 aromatic carbocycles. The maximum absolute atomic E-state index is 3.51. The van der Waals surface area contributed by atoms with Crippen molar-refractivity contribution < 1.29 is 0 Å². The Bertz CT molecular complexity index is 143. The van der Waals surface area contributed by atoms with Crippen molar-refractivity contribution in [2.75, 3.05) is 27.2 Å². The molecule has 0 saturated heterocycles. The van der Waals surface area contributed by atoms with E-state index in [4.69, 9.17) is 0 Å². The Kier molecular flexibility index (Phi) is 4.40. The molecule has 0 atom stereocenters. The van der Waals surface area contributed by atoms with Crippen LogP contribution in [0.3, 0.4) is 0 Å². The molecule has 0 amide bonds. The summed E-state index contributed by atoms with van der Waals surface area (Å²) in [7, 11) is 4.25. The molecule has 13 heavy (non-hydrogen) atoms. The van der Waals surface area contributed by atoms with Crippen molar-refractivity contribution in [3.05, 3.63) is 0 Å². The molecule has 0 aliphatic heterocycles. The lowest BCUT2D eigenvalue weighted by Crippen LogP contribution is -2.48. The summed E-state index contributed by atoms with van der Waals surface area (Å²) in [5.41, 5.74) is 0.619. The quantitative estimate of drug-likeness (QED) is 0.722. The Morgan fingerprint density at radius 1 is 0.923 bits per heavy atom. The van der Waals surface area contributed by atoms with Gasteiger partial charge in [-0.25, -0.2) is 0 Å². The second-order valence-corrected chi connectivity index (χ2v) is 5.87. The topological polar surface area (TPSA) is 15.3 Å². The number of hydrogen-bond donors (Lipinski definition) is 1. The molecule has 1 N–H and O–H groups in total. The van der Waals surface area contributed by atoms with E-state index in [1.165, 1.54) is 0 Å². The van der Waals surface area contributed by atoms with E-state index in [2.05, 4.69) is 58.9 Å². The van der Waals surface area contributed by atoms with Crippen molar-refractivity contribution in [1.82, 2.24) is 10.2 Å². The molecule has 0 fully saturated rings. The highest BCUT2D eigenvalue weighted by atomic mass is 15.2. The van der Waals surface area contributed by atoms with Crippen LogP contribution in [-0.2, 0) is 0 Å². The molecule has 80 valence electrons. The first-order valence-electron chi connectivity index (χ1n) is 5.03. The van der Waals surface area contributed by atoms with Gasteiger partial charge in [0.2, 0.25) is 0 Å². The van der Waals surface area contributed by atoms with Gasteiger partial charge in [-0.1, -0.05) is 20.8 Å². The zero-order valence-electron chi connectivity index (χ0n) is 10.4. The van der Waals surface area contributed by atoms with E-state index in [0.29, 0.717) is 5.41 Å². The molecular weight excluding hydrogens is 160 g/mol. The van der Waals surface area contributed by atoms with Crippen LogP contribution in [0.2, 0.25) is 0 Å². The smallest absolute Gasteiger partial charge is 0.0271 e. The highest BCUT2D eigenvalue weighted by Crippen LogP contribution is 2.12. The third-order valence-corrected chi connectivity index (χ3v) is 2.42. The van der Waals surface area contributed by atoms with Gasteiger partial charge in [-0.15, -0.1) is 0 Å². The highest BCUT2D eigenvalue weighted by molar-refractivity contribution is 4.80. The Morgan fingerprint density at radius 2 is 1.38 bits per heavy atom. The van der Waals surface area contributed by atoms with E-state index < -0.39 is 0 Å². The summed E-state index contributed by atoms with van der Waals surface area (Å²) in [4.78, 5) is 2.25. The van der Waals surface area contributed by atoms with Crippen molar-refractivity contribution in [2.24, 2.45) is 5.41 Å². The van der Waals surface area contributed by atoms with E-state index in [9.17, 15) is 0 Å². The Labute approximate surface area is 83.7 Å². The molecule has 0 heterocycles. The fraction of sp³-hybridized carbons (Fsp3) is 1.00. The minimum atomic E-state index is 0.241. The van der Waals surface area contributed by atoms with Gasteiger partial charge in [0.25, 0.3) is 0 Å². The molecule has 0 rings (SSSR count). The van der Waals surface area contributed by atoms with Crippen LogP contribution in [0.1, 0.15) is 34.6 Å². The molecule has 2 heteroatoms. The van der Waals surface area contributed by atoms with Crippen molar-refractivity contribution in [1.29, 1.82) is 0 Å². The van der Waals surface area contributed by atoms with Gasteiger partial charge in [0.1, 0.15) is 0 Å². The van der Waals surface area contributed by atoms with Gasteiger partial charge in [-0.2, -0.15) is 0 Å². The maximum Gasteiger partial charge on any atom is 0.0271 e. The van der Waals surface area contributed by atoms with Gasteiger partial charge in [0, 0.05) is 18.6 Å². The van der Waals surface area contributed by atoms with Crippen LogP contribution in [0.25, 0.3) is 0 Å². The van der Waals surface area contributed by atoms with E-state index in [1.54, 1.807) is 0 Å². The van der Waals surface area contributed by atoms with Gasteiger partial charge in [-0.3, -0.25) is 0 Å². The molecule has 0 unspecified atom stereocenters. The maximum atomic E-state index is 3.51. The van der Waals surface area contributed by atoms with Crippen molar-refractivity contribution in [3.63, 3.8) is 0 Å². The summed E-state index contributed by atoms with van der Waals surface area (Å²) in [6.07, 6.45) is 0. The Balaban J connectivity index is 3.77. The summed E-state index contributed by atoms with van der Waals surface area (Å²) in [6.45, 7) is 13.4. The first-order valence-corrected chi connectivity index (χ1v) is 5.03. The van der Waals surface area contributed by atoms with Crippen molar-refractivity contribution in [3.8, 4) is 0 Å². The van der Waals surface area contributed by atoms with Gasteiger partial charge >= 0.3 is 0 Å². The third kappa shape index (κ3) is 6.05. The van der Waals surface area contributed by atoms with Crippen LogP contribution in [0.4, 0.5) is 0 Å².